The molecule has 1 atom stereocenters. The summed E-state index contributed by atoms with van der Waals surface area (Å²) in [6.07, 6.45) is 0.927. The van der Waals surface area contributed by atoms with Crippen molar-refractivity contribution in [2.45, 2.75) is 32.8 Å². The molecule has 0 fully saturated rings. The molecule has 4 heteroatoms. The van der Waals surface area contributed by atoms with Gasteiger partial charge in [0.05, 0.1) is 11.0 Å². The van der Waals surface area contributed by atoms with Crippen molar-refractivity contribution < 1.29 is 10.0 Å². The van der Waals surface area contributed by atoms with Crippen LogP contribution in [0.2, 0.25) is 0 Å². The van der Waals surface area contributed by atoms with E-state index in [9.17, 15) is 10.1 Å². The Morgan fingerprint density at radius 1 is 1.53 bits per heavy atom. The lowest BCUT2D eigenvalue weighted by Gasteiger charge is -2.07. The highest BCUT2D eigenvalue weighted by Gasteiger charge is 2.09. The maximum absolute atomic E-state index is 10.6. The smallest absolute Gasteiger partial charge is 0.269 e. The highest BCUT2D eigenvalue weighted by molar-refractivity contribution is 5.39. The van der Waals surface area contributed by atoms with Crippen molar-refractivity contribution in [3.8, 4) is 0 Å². The van der Waals surface area contributed by atoms with Gasteiger partial charge >= 0.3 is 0 Å². The van der Waals surface area contributed by atoms with Gasteiger partial charge in [0, 0.05) is 12.1 Å². The van der Waals surface area contributed by atoms with Gasteiger partial charge < -0.3 is 5.11 Å². The second-order valence-electron chi connectivity index (χ2n) is 3.76. The van der Waals surface area contributed by atoms with Crippen LogP contribution < -0.4 is 0 Å². The van der Waals surface area contributed by atoms with Crippen LogP contribution >= 0.6 is 0 Å². The molecule has 0 heterocycles. The average Bonchev–Trinajstić information content (AvgIpc) is 2.16. The van der Waals surface area contributed by atoms with Crippen molar-refractivity contribution in [1.82, 2.24) is 0 Å². The molecule has 4 nitrogen and oxygen atoms in total. The summed E-state index contributed by atoms with van der Waals surface area (Å²) in [5.41, 5.74) is 2.08. The van der Waals surface area contributed by atoms with E-state index in [-0.39, 0.29) is 11.8 Å². The van der Waals surface area contributed by atoms with Crippen LogP contribution in [0.1, 0.15) is 24.5 Å². The SMILES string of the molecule is Cc1ccc([N+](=O)[O-])cc1CCC(C)O. The van der Waals surface area contributed by atoms with Crippen LogP contribution in [-0.2, 0) is 6.42 Å². The molecule has 82 valence electrons. The molecular weight excluding hydrogens is 194 g/mol. The standard InChI is InChI=1S/C11H15NO3/c1-8-3-6-11(12(14)15)7-10(8)5-4-9(2)13/h3,6-7,9,13H,4-5H2,1-2H3. The van der Waals surface area contributed by atoms with E-state index in [0.29, 0.717) is 12.8 Å². The molecule has 15 heavy (non-hydrogen) atoms. The van der Waals surface area contributed by atoms with Gasteiger partial charge in [-0.3, -0.25) is 10.1 Å². The molecule has 1 unspecified atom stereocenters. The Kier molecular flexibility index (Phi) is 3.80. The summed E-state index contributed by atoms with van der Waals surface area (Å²) in [4.78, 5) is 10.2. The minimum absolute atomic E-state index is 0.112. The van der Waals surface area contributed by atoms with E-state index < -0.39 is 4.92 Å². The van der Waals surface area contributed by atoms with Crippen LogP contribution in [0.5, 0.6) is 0 Å². The van der Waals surface area contributed by atoms with Crippen molar-refractivity contribution in [2.75, 3.05) is 0 Å². The van der Waals surface area contributed by atoms with E-state index in [1.54, 1.807) is 19.1 Å². The maximum Gasteiger partial charge on any atom is 0.269 e. The van der Waals surface area contributed by atoms with Crippen LogP contribution in [0.4, 0.5) is 5.69 Å². The molecular formula is C11H15NO3. The van der Waals surface area contributed by atoms with Gasteiger partial charge in [0.25, 0.3) is 5.69 Å². The summed E-state index contributed by atoms with van der Waals surface area (Å²) in [6.45, 7) is 3.63. The fourth-order valence-electron chi connectivity index (χ4n) is 1.41. The summed E-state index contributed by atoms with van der Waals surface area (Å²) >= 11 is 0. The lowest BCUT2D eigenvalue weighted by molar-refractivity contribution is -0.384. The van der Waals surface area contributed by atoms with E-state index in [1.165, 1.54) is 6.07 Å². The third-order valence-electron chi connectivity index (χ3n) is 2.37. The first-order valence-corrected chi connectivity index (χ1v) is 4.92. The van der Waals surface area contributed by atoms with E-state index in [1.807, 2.05) is 6.92 Å². The van der Waals surface area contributed by atoms with Gasteiger partial charge in [-0.15, -0.1) is 0 Å². The second-order valence-corrected chi connectivity index (χ2v) is 3.76. The van der Waals surface area contributed by atoms with Crippen molar-refractivity contribution in [2.24, 2.45) is 0 Å². The minimum Gasteiger partial charge on any atom is -0.393 e. The zero-order valence-corrected chi connectivity index (χ0v) is 8.93. The van der Waals surface area contributed by atoms with Crippen LogP contribution in [0.25, 0.3) is 0 Å². The third kappa shape index (κ3) is 3.32. The Bertz CT molecular complexity index is 361. The summed E-state index contributed by atoms with van der Waals surface area (Å²) in [7, 11) is 0. The third-order valence-corrected chi connectivity index (χ3v) is 2.37. The normalized spacial score (nSPS) is 12.5. The lowest BCUT2D eigenvalue weighted by atomic mass is 10.0. The predicted molar refractivity (Wildman–Crippen MR) is 57.8 cm³/mol. The fourth-order valence-corrected chi connectivity index (χ4v) is 1.41. The van der Waals surface area contributed by atoms with Crippen molar-refractivity contribution in [1.29, 1.82) is 0 Å². The highest BCUT2D eigenvalue weighted by atomic mass is 16.6. The number of aliphatic hydroxyl groups is 1. The van der Waals surface area contributed by atoms with E-state index in [4.69, 9.17) is 5.11 Å². The van der Waals surface area contributed by atoms with Crippen molar-refractivity contribution in [3.63, 3.8) is 0 Å². The number of hydrogen-bond acceptors (Lipinski definition) is 3. The Morgan fingerprint density at radius 3 is 2.73 bits per heavy atom. The summed E-state index contributed by atoms with van der Waals surface area (Å²) in [6, 6.07) is 4.83. The molecule has 0 saturated heterocycles. The number of nitrogens with zero attached hydrogens (tertiary/aromatic N) is 1. The summed E-state index contributed by atoms with van der Waals surface area (Å²) in [5.74, 6) is 0. The monoisotopic (exact) mass is 209 g/mol. The molecule has 0 amide bonds. The van der Waals surface area contributed by atoms with E-state index >= 15 is 0 Å². The predicted octanol–water partition coefficient (Wildman–Crippen LogP) is 2.22. The Morgan fingerprint density at radius 2 is 2.20 bits per heavy atom. The van der Waals surface area contributed by atoms with Gasteiger partial charge in [-0.25, -0.2) is 0 Å². The first kappa shape index (κ1) is 11.7. The number of aryl methyl sites for hydroxylation is 2. The molecule has 1 aromatic rings. The number of aliphatic hydroxyl groups excluding tert-OH is 1. The number of hydrogen-bond donors (Lipinski definition) is 1. The van der Waals surface area contributed by atoms with Crippen molar-refractivity contribution in [3.05, 3.63) is 39.4 Å². The zero-order valence-electron chi connectivity index (χ0n) is 8.93. The zero-order chi connectivity index (χ0) is 11.4. The Labute approximate surface area is 88.7 Å². The molecule has 0 radical (unpaired) electrons. The fraction of sp³-hybridized carbons (Fsp3) is 0.455. The van der Waals surface area contributed by atoms with Gasteiger partial charge in [-0.2, -0.15) is 0 Å². The number of benzene rings is 1. The number of nitro benzene ring substituents is 1. The average molecular weight is 209 g/mol. The second kappa shape index (κ2) is 4.89. The Balaban J connectivity index is 2.85. The molecule has 0 saturated carbocycles. The number of rotatable bonds is 4. The number of nitro groups is 1. The largest absolute Gasteiger partial charge is 0.393 e. The van der Waals surface area contributed by atoms with E-state index in [2.05, 4.69) is 0 Å². The van der Waals surface area contributed by atoms with Crippen LogP contribution in [0.3, 0.4) is 0 Å². The van der Waals surface area contributed by atoms with Crippen LogP contribution in [0, 0.1) is 17.0 Å². The van der Waals surface area contributed by atoms with Crippen molar-refractivity contribution >= 4 is 5.69 Å². The first-order chi connectivity index (χ1) is 7.00. The van der Waals surface area contributed by atoms with Crippen LogP contribution in [-0.4, -0.2) is 16.1 Å². The molecule has 0 aliphatic heterocycles. The summed E-state index contributed by atoms with van der Waals surface area (Å²) < 4.78 is 0. The lowest BCUT2D eigenvalue weighted by Crippen LogP contribution is -2.03. The maximum atomic E-state index is 10.6. The molecule has 1 rings (SSSR count). The van der Waals surface area contributed by atoms with Gasteiger partial charge in [-0.1, -0.05) is 6.07 Å². The molecule has 0 aliphatic carbocycles. The highest BCUT2D eigenvalue weighted by Crippen LogP contribution is 2.18. The van der Waals surface area contributed by atoms with E-state index in [0.717, 1.165) is 11.1 Å². The molecule has 0 bridgehead atoms. The topological polar surface area (TPSA) is 63.4 Å². The minimum atomic E-state index is -0.398. The first-order valence-electron chi connectivity index (χ1n) is 4.92. The van der Waals surface area contributed by atoms with Crippen LogP contribution in [0.15, 0.2) is 18.2 Å². The Hall–Kier alpha value is -1.42. The van der Waals surface area contributed by atoms with Gasteiger partial charge in [-0.05, 0) is 37.8 Å². The van der Waals surface area contributed by atoms with Gasteiger partial charge in [0.15, 0.2) is 0 Å². The molecule has 1 aromatic carbocycles. The molecule has 0 aliphatic rings. The molecule has 0 spiro atoms. The quantitative estimate of drug-likeness (QED) is 0.610. The van der Waals surface area contributed by atoms with Gasteiger partial charge in [0.1, 0.15) is 0 Å². The number of non-ortho nitro benzene ring substituents is 1. The molecule has 0 aromatic heterocycles. The van der Waals surface area contributed by atoms with Gasteiger partial charge in [0.2, 0.25) is 0 Å². The molecule has 1 N–H and O–H groups in total. The summed E-state index contributed by atoms with van der Waals surface area (Å²) in [5, 5.41) is 19.7.